The normalized spacial score (nSPS) is 16.6. The lowest BCUT2D eigenvalue weighted by atomic mass is 9.97. The van der Waals surface area contributed by atoms with Crippen molar-refractivity contribution in [3.05, 3.63) is 63.4 Å². The Labute approximate surface area is 209 Å². The highest BCUT2D eigenvalue weighted by atomic mass is 35.5. The Hall–Kier alpha value is -2.41. The van der Waals surface area contributed by atoms with Crippen LogP contribution < -0.4 is 5.32 Å². The zero-order valence-corrected chi connectivity index (χ0v) is 20.5. The molecule has 3 aromatic rings. The number of fused-ring (bicyclic) bond motifs is 2. The van der Waals surface area contributed by atoms with E-state index >= 15 is 0 Å². The second kappa shape index (κ2) is 10.1. The number of imide groups is 1. The second-order valence-corrected chi connectivity index (χ2v) is 9.94. The van der Waals surface area contributed by atoms with Crippen LogP contribution in [-0.4, -0.2) is 45.9 Å². The Morgan fingerprint density at radius 3 is 2.18 bits per heavy atom. The van der Waals surface area contributed by atoms with Crippen molar-refractivity contribution < 1.29 is 9.59 Å². The van der Waals surface area contributed by atoms with Gasteiger partial charge in [0.1, 0.15) is 5.82 Å². The molecule has 1 fully saturated rings. The topological polar surface area (TPSA) is 67.2 Å². The van der Waals surface area contributed by atoms with E-state index in [9.17, 15) is 9.59 Å². The lowest BCUT2D eigenvalue weighted by molar-refractivity contribution is 0.0651. The van der Waals surface area contributed by atoms with Crippen LogP contribution >= 0.6 is 23.2 Å². The van der Waals surface area contributed by atoms with E-state index in [2.05, 4.69) is 9.88 Å². The molecule has 0 aliphatic carbocycles. The molecule has 178 valence electrons. The van der Waals surface area contributed by atoms with Gasteiger partial charge in [-0.15, -0.1) is 0 Å². The number of amides is 2. The number of aryl methyl sites for hydroxylation is 1. The highest BCUT2D eigenvalue weighted by Crippen LogP contribution is 2.33. The van der Waals surface area contributed by atoms with E-state index in [-0.39, 0.29) is 11.8 Å². The number of rotatable bonds is 8. The molecular formula is C26H28Cl2N4O2. The molecule has 2 aliphatic rings. The lowest BCUT2D eigenvalue weighted by Gasteiger charge is -2.23. The summed E-state index contributed by atoms with van der Waals surface area (Å²) in [6.45, 7) is 3.34. The van der Waals surface area contributed by atoms with Crippen LogP contribution in [0.4, 0.5) is 0 Å². The van der Waals surface area contributed by atoms with Gasteiger partial charge in [0.05, 0.1) is 32.2 Å². The number of unbranched alkanes of at least 4 members (excludes halogenated alkanes) is 3. The van der Waals surface area contributed by atoms with Crippen LogP contribution in [0.25, 0.3) is 11.0 Å². The van der Waals surface area contributed by atoms with Crippen molar-refractivity contribution in [2.24, 2.45) is 0 Å². The van der Waals surface area contributed by atoms with Crippen molar-refractivity contribution in [1.82, 2.24) is 19.8 Å². The highest BCUT2D eigenvalue weighted by Gasteiger charge is 2.34. The molecule has 2 aromatic carbocycles. The first kappa shape index (κ1) is 23.3. The van der Waals surface area contributed by atoms with Crippen molar-refractivity contribution in [2.75, 3.05) is 19.6 Å². The van der Waals surface area contributed by atoms with Gasteiger partial charge < -0.3 is 9.88 Å². The zero-order chi connectivity index (χ0) is 23.7. The maximum absolute atomic E-state index is 12.5. The van der Waals surface area contributed by atoms with Crippen molar-refractivity contribution in [2.45, 2.75) is 51.0 Å². The molecule has 8 heteroatoms. The molecule has 5 rings (SSSR count). The van der Waals surface area contributed by atoms with Crippen molar-refractivity contribution in [3.63, 3.8) is 0 Å². The quantitative estimate of drug-likeness (QED) is 0.321. The van der Waals surface area contributed by atoms with Crippen LogP contribution in [0.3, 0.4) is 0 Å². The number of hydrogen-bond donors (Lipinski definition) is 1. The number of halogens is 2. The summed E-state index contributed by atoms with van der Waals surface area (Å²) in [4.78, 5) is 31.4. The fraction of sp³-hybridized carbons (Fsp3) is 0.423. The Bertz CT molecular complexity index is 1200. The molecule has 2 aliphatic heterocycles. The maximum atomic E-state index is 12.5. The van der Waals surface area contributed by atoms with Crippen LogP contribution in [0, 0.1) is 0 Å². The van der Waals surface area contributed by atoms with E-state index in [1.807, 2.05) is 12.1 Å². The van der Waals surface area contributed by atoms with E-state index in [1.165, 1.54) is 4.90 Å². The molecule has 6 nitrogen and oxygen atoms in total. The molecule has 0 radical (unpaired) electrons. The van der Waals surface area contributed by atoms with Gasteiger partial charge in [-0.25, -0.2) is 4.98 Å². The third-order valence-electron chi connectivity index (χ3n) is 6.92. The van der Waals surface area contributed by atoms with Gasteiger partial charge in [0.25, 0.3) is 11.8 Å². The van der Waals surface area contributed by atoms with Gasteiger partial charge in [-0.1, -0.05) is 48.2 Å². The van der Waals surface area contributed by atoms with Gasteiger partial charge >= 0.3 is 0 Å². The predicted molar refractivity (Wildman–Crippen MR) is 135 cm³/mol. The Balaban J connectivity index is 1.20. The fourth-order valence-electron chi connectivity index (χ4n) is 5.10. The summed E-state index contributed by atoms with van der Waals surface area (Å²) in [7, 11) is 0. The number of carbonyl (C=O) groups is 2. The summed E-state index contributed by atoms with van der Waals surface area (Å²) in [5, 5.41) is 4.51. The minimum atomic E-state index is -0.173. The first-order valence-electron chi connectivity index (χ1n) is 12.1. The Morgan fingerprint density at radius 2 is 1.50 bits per heavy atom. The third-order valence-corrected chi connectivity index (χ3v) is 7.64. The Morgan fingerprint density at radius 1 is 0.882 bits per heavy atom. The number of nitrogens with one attached hydrogen (secondary N) is 1. The molecule has 2 amide bonds. The Kier molecular flexibility index (Phi) is 6.91. The molecular weight excluding hydrogens is 471 g/mol. The summed E-state index contributed by atoms with van der Waals surface area (Å²) in [5.41, 5.74) is 2.97. The standard InChI is InChI=1S/C26H28Cl2N4O2/c27-20-15-22-23(16-21(20)28)31(24(30-22)17-9-11-29-12-10-17)13-5-1-2-6-14-32-25(33)18-7-3-4-8-19(18)26(32)34/h3-4,7-8,15-17,29H,1-2,5-6,9-14H2. The van der Waals surface area contributed by atoms with Gasteiger partial charge in [0, 0.05) is 19.0 Å². The molecule has 34 heavy (non-hydrogen) atoms. The first-order valence-corrected chi connectivity index (χ1v) is 12.8. The molecule has 0 atom stereocenters. The van der Waals surface area contributed by atoms with Gasteiger partial charge in [-0.3, -0.25) is 14.5 Å². The van der Waals surface area contributed by atoms with Crippen molar-refractivity contribution in [3.8, 4) is 0 Å². The van der Waals surface area contributed by atoms with Crippen LogP contribution in [0.5, 0.6) is 0 Å². The van der Waals surface area contributed by atoms with E-state index in [0.717, 1.165) is 75.0 Å². The van der Waals surface area contributed by atoms with Crippen LogP contribution in [0.15, 0.2) is 36.4 Å². The number of nitrogens with zero attached hydrogens (tertiary/aromatic N) is 3. The minimum absolute atomic E-state index is 0.173. The van der Waals surface area contributed by atoms with Gasteiger partial charge in [0.15, 0.2) is 0 Å². The summed E-state index contributed by atoms with van der Waals surface area (Å²) < 4.78 is 2.32. The second-order valence-electron chi connectivity index (χ2n) is 9.12. The van der Waals surface area contributed by atoms with Crippen molar-refractivity contribution in [1.29, 1.82) is 0 Å². The number of imidazole rings is 1. The van der Waals surface area contributed by atoms with E-state index in [0.29, 0.717) is 33.6 Å². The van der Waals surface area contributed by atoms with Gasteiger partial charge in [-0.05, 0) is 63.0 Å². The molecule has 1 aromatic heterocycles. The summed E-state index contributed by atoms with van der Waals surface area (Å²) in [6, 6.07) is 10.8. The van der Waals surface area contributed by atoms with Crippen LogP contribution in [0.2, 0.25) is 10.0 Å². The average molecular weight is 499 g/mol. The maximum Gasteiger partial charge on any atom is 0.261 e. The lowest BCUT2D eigenvalue weighted by Crippen LogP contribution is -2.30. The molecule has 0 spiro atoms. The largest absolute Gasteiger partial charge is 0.328 e. The summed E-state index contributed by atoms with van der Waals surface area (Å²) in [5.74, 6) is 1.21. The highest BCUT2D eigenvalue weighted by molar-refractivity contribution is 6.42. The number of hydrogen-bond acceptors (Lipinski definition) is 4. The molecule has 0 bridgehead atoms. The minimum Gasteiger partial charge on any atom is -0.328 e. The van der Waals surface area contributed by atoms with E-state index in [1.54, 1.807) is 24.3 Å². The number of carbonyl (C=O) groups excluding carboxylic acids is 2. The van der Waals surface area contributed by atoms with E-state index in [4.69, 9.17) is 28.2 Å². The molecule has 1 saturated heterocycles. The van der Waals surface area contributed by atoms with Crippen LogP contribution in [0.1, 0.15) is 71.0 Å². The smallest absolute Gasteiger partial charge is 0.261 e. The predicted octanol–water partition coefficient (Wildman–Crippen LogP) is 5.67. The van der Waals surface area contributed by atoms with Crippen LogP contribution in [-0.2, 0) is 6.54 Å². The van der Waals surface area contributed by atoms with E-state index < -0.39 is 0 Å². The summed E-state index contributed by atoms with van der Waals surface area (Å²) >= 11 is 12.6. The zero-order valence-electron chi connectivity index (χ0n) is 19.0. The van der Waals surface area contributed by atoms with Crippen molar-refractivity contribution >= 4 is 46.0 Å². The van der Waals surface area contributed by atoms with Gasteiger partial charge in [-0.2, -0.15) is 0 Å². The SMILES string of the molecule is O=C1c2ccccc2C(=O)N1CCCCCCn1c(C2CCNCC2)nc2cc(Cl)c(Cl)cc21. The third kappa shape index (κ3) is 4.47. The molecule has 0 saturated carbocycles. The number of piperidine rings is 1. The van der Waals surface area contributed by atoms with Gasteiger partial charge in [0.2, 0.25) is 0 Å². The number of benzene rings is 2. The molecule has 0 unspecified atom stereocenters. The first-order chi connectivity index (χ1) is 16.5. The number of aromatic nitrogens is 2. The monoisotopic (exact) mass is 498 g/mol. The molecule has 3 heterocycles. The fourth-order valence-corrected chi connectivity index (χ4v) is 5.42. The molecule has 1 N–H and O–H groups in total. The average Bonchev–Trinajstić information content (AvgIpc) is 3.32. The summed E-state index contributed by atoms with van der Waals surface area (Å²) in [6.07, 6.45) is 5.91.